The van der Waals surface area contributed by atoms with E-state index in [1.165, 1.54) is 12.7 Å². The molecule has 0 amide bonds. The van der Waals surface area contributed by atoms with Crippen LogP contribution < -0.4 is 5.73 Å². The van der Waals surface area contributed by atoms with Crippen molar-refractivity contribution >= 4 is 5.97 Å². The van der Waals surface area contributed by atoms with Crippen LogP contribution >= 0.6 is 0 Å². The Morgan fingerprint density at radius 2 is 1.88 bits per heavy atom. The van der Waals surface area contributed by atoms with E-state index in [0.717, 1.165) is 6.42 Å². The van der Waals surface area contributed by atoms with E-state index in [4.69, 9.17) is 5.73 Å². The van der Waals surface area contributed by atoms with Gasteiger partial charge in [0, 0.05) is 0 Å². The first kappa shape index (κ1) is 12.7. The molecule has 0 aromatic heterocycles. The maximum absolute atomic E-state index is 11.2. The fourth-order valence-corrected chi connectivity index (χ4v) is 1.50. The summed E-state index contributed by atoms with van der Waals surface area (Å²) in [6, 6.07) is 7.47. The van der Waals surface area contributed by atoms with E-state index in [9.17, 15) is 4.79 Å². The third-order valence-electron chi connectivity index (χ3n) is 2.61. The molecule has 0 bridgehead atoms. The van der Waals surface area contributed by atoms with Gasteiger partial charge in [0.05, 0.1) is 12.7 Å². The third kappa shape index (κ3) is 3.35. The molecule has 0 fully saturated rings. The number of nitrogens with two attached hydrogens (primary N) is 1. The minimum atomic E-state index is -0.301. The van der Waals surface area contributed by atoms with Crippen molar-refractivity contribution in [2.75, 3.05) is 13.7 Å². The maximum Gasteiger partial charge on any atom is 0.337 e. The van der Waals surface area contributed by atoms with Crippen molar-refractivity contribution in [3.63, 3.8) is 0 Å². The van der Waals surface area contributed by atoms with E-state index in [2.05, 4.69) is 18.6 Å². The summed E-state index contributed by atoms with van der Waals surface area (Å²) in [7, 11) is 1.38. The van der Waals surface area contributed by atoms with Gasteiger partial charge in [-0.05, 0) is 36.1 Å². The average molecular weight is 221 g/mol. The second-order valence-electron chi connectivity index (χ2n) is 4.73. The van der Waals surface area contributed by atoms with Gasteiger partial charge in [0.25, 0.3) is 0 Å². The second-order valence-corrected chi connectivity index (χ2v) is 4.73. The van der Waals surface area contributed by atoms with Crippen LogP contribution in [0, 0.1) is 5.41 Å². The Morgan fingerprint density at radius 3 is 2.31 bits per heavy atom. The molecule has 2 N–H and O–H groups in total. The smallest absolute Gasteiger partial charge is 0.337 e. The van der Waals surface area contributed by atoms with Gasteiger partial charge in [0.15, 0.2) is 0 Å². The molecule has 0 heterocycles. The van der Waals surface area contributed by atoms with Crippen LogP contribution in [0.2, 0.25) is 0 Å². The molecule has 16 heavy (non-hydrogen) atoms. The second kappa shape index (κ2) is 5.12. The lowest BCUT2D eigenvalue weighted by molar-refractivity contribution is 0.0600. The Hall–Kier alpha value is -1.35. The lowest BCUT2D eigenvalue weighted by Crippen LogP contribution is -2.25. The Kier molecular flexibility index (Phi) is 4.07. The first-order valence-corrected chi connectivity index (χ1v) is 5.36. The highest BCUT2D eigenvalue weighted by atomic mass is 16.5. The van der Waals surface area contributed by atoms with Crippen LogP contribution in [0.1, 0.15) is 29.8 Å². The van der Waals surface area contributed by atoms with E-state index in [1.54, 1.807) is 12.1 Å². The molecule has 88 valence electrons. The number of carbonyl (C=O) groups excluding carboxylic acids is 1. The summed E-state index contributed by atoms with van der Waals surface area (Å²) in [6.45, 7) is 4.90. The molecule has 1 aromatic rings. The normalized spacial score (nSPS) is 11.2. The van der Waals surface area contributed by atoms with E-state index < -0.39 is 0 Å². The zero-order valence-electron chi connectivity index (χ0n) is 10.1. The van der Waals surface area contributed by atoms with Gasteiger partial charge in [-0.2, -0.15) is 0 Å². The minimum absolute atomic E-state index is 0.0901. The molecule has 0 aliphatic carbocycles. The van der Waals surface area contributed by atoms with E-state index >= 15 is 0 Å². The first-order chi connectivity index (χ1) is 7.48. The summed E-state index contributed by atoms with van der Waals surface area (Å²) >= 11 is 0. The number of hydrogen-bond donors (Lipinski definition) is 1. The average Bonchev–Trinajstić information content (AvgIpc) is 2.28. The van der Waals surface area contributed by atoms with Crippen LogP contribution in [-0.4, -0.2) is 19.6 Å². The number of carbonyl (C=O) groups is 1. The molecular weight excluding hydrogens is 202 g/mol. The standard InChI is InChI=1S/C13H19NO2/c1-13(2,9-14)8-10-4-6-11(7-5-10)12(15)16-3/h4-7H,8-9,14H2,1-3H3. The SMILES string of the molecule is COC(=O)c1ccc(CC(C)(C)CN)cc1. The maximum atomic E-state index is 11.2. The van der Waals surface area contributed by atoms with Gasteiger partial charge in [0.2, 0.25) is 0 Å². The van der Waals surface area contributed by atoms with Gasteiger partial charge >= 0.3 is 5.97 Å². The summed E-state index contributed by atoms with van der Waals surface area (Å²) in [4.78, 5) is 11.2. The molecule has 1 aromatic carbocycles. The zero-order chi connectivity index (χ0) is 12.2. The molecule has 3 heteroatoms. The van der Waals surface area contributed by atoms with Gasteiger partial charge in [-0.15, -0.1) is 0 Å². The molecule has 0 radical (unpaired) electrons. The predicted octanol–water partition coefficient (Wildman–Crippen LogP) is 2.00. The lowest BCUT2D eigenvalue weighted by Gasteiger charge is -2.22. The summed E-state index contributed by atoms with van der Waals surface area (Å²) in [6.07, 6.45) is 0.908. The van der Waals surface area contributed by atoms with Gasteiger partial charge in [0.1, 0.15) is 0 Å². The third-order valence-corrected chi connectivity index (χ3v) is 2.61. The fraction of sp³-hybridized carbons (Fsp3) is 0.462. The highest BCUT2D eigenvalue weighted by Gasteiger charge is 2.16. The van der Waals surface area contributed by atoms with Gasteiger partial charge in [-0.1, -0.05) is 26.0 Å². The number of ether oxygens (including phenoxy) is 1. The topological polar surface area (TPSA) is 52.3 Å². The Bertz CT molecular complexity index is 355. The summed E-state index contributed by atoms with van der Waals surface area (Å²) in [5.41, 5.74) is 7.53. The van der Waals surface area contributed by atoms with Crippen molar-refractivity contribution in [1.29, 1.82) is 0 Å². The van der Waals surface area contributed by atoms with Crippen molar-refractivity contribution in [1.82, 2.24) is 0 Å². The Morgan fingerprint density at radius 1 is 1.31 bits per heavy atom. The molecular formula is C13H19NO2. The van der Waals surface area contributed by atoms with Crippen molar-refractivity contribution in [2.24, 2.45) is 11.1 Å². The number of benzene rings is 1. The molecule has 0 atom stereocenters. The molecule has 3 nitrogen and oxygen atoms in total. The summed E-state index contributed by atoms with van der Waals surface area (Å²) in [5, 5.41) is 0. The predicted molar refractivity (Wildman–Crippen MR) is 64.3 cm³/mol. The molecule has 0 saturated carbocycles. The minimum Gasteiger partial charge on any atom is -0.465 e. The monoisotopic (exact) mass is 221 g/mol. The Balaban J connectivity index is 2.76. The lowest BCUT2D eigenvalue weighted by atomic mass is 9.86. The van der Waals surface area contributed by atoms with Crippen molar-refractivity contribution in [3.05, 3.63) is 35.4 Å². The summed E-state index contributed by atoms with van der Waals surface area (Å²) < 4.78 is 4.64. The zero-order valence-corrected chi connectivity index (χ0v) is 10.1. The molecule has 1 rings (SSSR count). The molecule has 0 spiro atoms. The number of rotatable bonds is 4. The van der Waals surface area contributed by atoms with Crippen molar-refractivity contribution in [2.45, 2.75) is 20.3 Å². The quantitative estimate of drug-likeness (QED) is 0.791. The number of hydrogen-bond acceptors (Lipinski definition) is 3. The molecule has 0 aliphatic rings. The largest absolute Gasteiger partial charge is 0.465 e. The first-order valence-electron chi connectivity index (χ1n) is 5.36. The van der Waals surface area contributed by atoms with Gasteiger partial charge < -0.3 is 10.5 Å². The van der Waals surface area contributed by atoms with Crippen LogP contribution in [0.3, 0.4) is 0 Å². The van der Waals surface area contributed by atoms with Crippen LogP contribution in [0.4, 0.5) is 0 Å². The van der Waals surface area contributed by atoms with Gasteiger partial charge in [-0.25, -0.2) is 4.79 Å². The van der Waals surface area contributed by atoms with Crippen LogP contribution in [0.25, 0.3) is 0 Å². The van der Waals surface area contributed by atoms with Gasteiger partial charge in [-0.3, -0.25) is 0 Å². The van der Waals surface area contributed by atoms with E-state index in [-0.39, 0.29) is 11.4 Å². The fourth-order valence-electron chi connectivity index (χ4n) is 1.50. The molecule has 0 unspecified atom stereocenters. The van der Waals surface area contributed by atoms with Crippen LogP contribution in [-0.2, 0) is 11.2 Å². The Labute approximate surface area is 96.6 Å². The molecule has 0 aliphatic heterocycles. The van der Waals surface area contributed by atoms with Crippen molar-refractivity contribution in [3.8, 4) is 0 Å². The van der Waals surface area contributed by atoms with Crippen LogP contribution in [0.5, 0.6) is 0 Å². The number of esters is 1. The molecule has 0 saturated heterocycles. The number of methoxy groups -OCH3 is 1. The van der Waals surface area contributed by atoms with E-state index in [1.807, 2.05) is 12.1 Å². The van der Waals surface area contributed by atoms with Crippen LogP contribution in [0.15, 0.2) is 24.3 Å². The van der Waals surface area contributed by atoms with Crippen molar-refractivity contribution < 1.29 is 9.53 Å². The summed E-state index contributed by atoms with van der Waals surface area (Å²) in [5.74, 6) is -0.301. The van der Waals surface area contributed by atoms with E-state index in [0.29, 0.717) is 12.1 Å². The highest BCUT2D eigenvalue weighted by Crippen LogP contribution is 2.20. The highest BCUT2D eigenvalue weighted by molar-refractivity contribution is 5.89.